The van der Waals surface area contributed by atoms with Gasteiger partial charge in [-0.25, -0.2) is 4.79 Å². The first-order valence-corrected chi connectivity index (χ1v) is 5.53. The molecule has 0 amide bonds. The molecule has 18 heavy (non-hydrogen) atoms. The van der Waals surface area contributed by atoms with Gasteiger partial charge >= 0.3 is 5.97 Å². The molecule has 1 aromatic carbocycles. The van der Waals surface area contributed by atoms with Crippen LogP contribution in [0.3, 0.4) is 0 Å². The van der Waals surface area contributed by atoms with Crippen LogP contribution in [0.5, 0.6) is 0 Å². The molecule has 2 unspecified atom stereocenters. The number of nitrogens with zero attached hydrogens (tertiary/aromatic N) is 1. The van der Waals surface area contributed by atoms with Crippen molar-refractivity contribution in [1.29, 1.82) is 0 Å². The number of carbonyl (C=O) groups excluding carboxylic acids is 1. The van der Waals surface area contributed by atoms with E-state index in [2.05, 4.69) is 10.2 Å². The van der Waals surface area contributed by atoms with Gasteiger partial charge in [-0.05, 0) is 17.7 Å². The molecule has 96 valence electrons. The maximum Gasteiger partial charge on any atom is 0.338 e. The lowest BCUT2D eigenvalue weighted by molar-refractivity contribution is 0.0597. The van der Waals surface area contributed by atoms with Gasteiger partial charge < -0.3 is 15.6 Å². The number of aromatic amines is 1. The Kier molecular flexibility index (Phi) is 3.31. The van der Waals surface area contributed by atoms with Crippen molar-refractivity contribution in [1.82, 2.24) is 10.2 Å². The summed E-state index contributed by atoms with van der Waals surface area (Å²) in [5, 5.41) is 17.0. The van der Waals surface area contributed by atoms with Gasteiger partial charge in [-0.15, -0.1) is 0 Å². The van der Waals surface area contributed by atoms with Gasteiger partial charge in [-0.2, -0.15) is 5.10 Å². The average Bonchev–Trinajstić information content (AvgIpc) is 2.82. The third-order valence-corrected chi connectivity index (χ3v) is 3.02. The van der Waals surface area contributed by atoms with Gasteiger partial charge in [0.05, 0.1) is 24.4 Å². The van der Waals surface area contributed by atoms with E-state index in [1.807, 2.05) is 0 Å². The molecule has 0 saturated carbocycles. The highest BCUT2D eigenvalue weighted by molar-refractivity contribution is 5.96. The quantitative estimate of drug-likeness (QED) is 0.550. The Bertz CT molecular complexity index is 577. The summed E-state index contributed by atoms with van der Waals surface area (Å²) in [4.78, 5) is 11.7. The van der Waals surface area contributed by atoms with E-state index in [1.165, 1.54) is 7.11 Å². The van der Waals surface area contributed by atoms with Crippen LogP contribution in [-0.2, 0) is 4.74 Å². The Morgan fingerprint density at radius 2 is 2.28 bits per heavy atom. The van der Waals surface area contributed by atoms with Crippen LogP contribution in [0, 0.1) is 0 Å². The standard InChI is InChI=1S/C12H15N3O3/c1-6(11(13)16)8-3-7-5-14-15-10(7)4-9(8)12(17)18-2/h3-6,11,16H,13H2,1-2H3,(H,14,15). The molecule has 6 heteroatoms. The van der Waals surface area contributed by atoms with Gasteiger partial charge in [0.25, 0.3) is 0 Å². The molecule has 1 aromatic heterocycles. The van der Waals surface area contributed by atoms with Gasteiger partial charge in [0.1, 0.15) is 6.23 Å². The number of carbonyl (C=O) groups is 1. The molecule has 2 rings (SSSR count). The Balaban J connectivity index is 2.62. The largest absolute Gasteiger partial charge is 0.465 e. The zero-order valence-corrected chi connectivity index (χ0v) is 10.2. The smallest absolute Gasteiger partial charge is 0.338 e. The summed E-state index contributed by atoms with van der Waals surface area (Å²) in [5.74, 6) is -0.840. The lowest BCUT2D eigenvalue weighted by Gasteiger charge is -2.18. The van der Waals surface area contributed by atoms with E-state index >= 15 is 0 Å². The number of rotatable bonds is 3. The van der Waals surface area contributed by atoms with Gasteiger partial charge in [-0.3, -0.25) is 5.10 Å². The van der Waals surface area contributed by atoms with Crippen LogP contribution in [0.4, 0.5) is 0 Å². The van der Waals surface area contributed by atoms with Crippen molar-refractivity contribution >= 4 is 16.9 Å². The number of hydrogen-bond donors (Lipinski definition) is 3. The van der Waals surface area contributed by atoms with Gasteiger partial charge in [0, 0.05) is 11.3 Å². The molecule has 2 atom stereocenters. The number of nitrogens with two attached hydrogens (primary N) is 1. The lowest BCUT2D eigenvalue weighted by Crippen LogP contribution is -2.27. The number of nitrogens with one attached hydrogen (secondary N) is 1. The van der Waals surface area contributed by atoms with E-state index in [4.69, 9.17) is 10.5 Å². The number of H-pyrrole nitrogens is 1. The molecule has 4 N–H and O–H groups in total. The van der Waals surface area contributed by atoms with Gasteiger partial charge in [0.15, 0.2) is 0 Å². The summed E-state index contributed by atoms with van der Waals surface area (Å²) in [7, 11) is 1.31. The highest BCUT2D eigenvalue weighted by Crippen LogP contribution is 2.26. The summed E-state index contributed by atoms with van der Waals surface area (Å²) < 4.78 is 4.74. The van der Waals surface area contributed by atoms with Crippen molar-refractivity contribution in [3.63, 3.8) is 0 Å². The molecule has 0 fully saturated rings. The van der Waals surface area contributed by atoms with Crippen LogP contribution in [0.2, 0.25) is 0 Å². The van der Waals surface area contributed by atoms with Gasteiger partial charge in [0.2, 0.25) is 0 Å². The van der Waals surface area contributed by atoms with Crippen molar-refractivity contribution in [2.75, 3.05) is 7.11 Å². The second-order valence-electron chi connectivity index (χ2n) is 4.17. The molecule has 1 heterocycles. The van der Waals surface area contributed by atoms with E-state index < -0.39 is 12.2 Å². The van der Waals surface area contributed by atoms with Crippen LogP contribution in [0.25, 0.3) is 10.9 Å². The normalized spacial score (nSPS) is 14.4. The van der Waals surface area contributed by atoms with Crippen LogP contribution >= 0.6 is 0 Å². The van der Waals surface area contributed by atoms with E-state index in [-0.39, 0.29) is 5.92 Å². The zero-order chi connectivity index (χ0) is 13.3. The van der Waals surface area contributed by atoms with Crippen LogP contribution in [0.1, 0.15) is 28.8 Å². The number of esters is 1. The summed E-state index contributed by atoms with van der Waals surface area (Å²) in [6, 6.07) is 3.44. The van der Waals surface area contributed by atoms with Crippen LogP contribution < -0.4 is 5.73 Å². The number of hydrogen-bond acceptors (Lipinski definition) is 5. The lowest BCUT2D eigenvalue weighted by atomic mass is 9.93. The number of aliphatic hydroxyl groups excluding tert-OH is 1. The Morgan fingerprint density at radius 3 is 2.89 bits per heavy atom. The minimum absolute atomic E-state index is 0.376. The molecular formula is C12H15N3O3. The maximum atomic E-state index is 11.7. The molecule has 0 spiro atoms. The Hall–Kier alpha value is -1.92. The molecule has 0 bridgehead atoms. The van der Waals surface area contributed by atoms with Crippen molar-refractivity contribution in [3.05, 3.63) is 29.5 Å². The Morgan fingerprint density at radius 1 is 1.56 bits per heavy atom. The molecule has 0 aliphatic carbocycles. The molecule has 0 saturated heterocycles. The zero-order valence-electron chi connectivity index (χ0n) is 10.2. The molecular weight excluding hydrogens is 234 g/mol. The van der Waals surface area contributed by atoms with Crippen LogP contribution in [0.15, 0.2) is 18.3 Å². The minimum atomic E-state index is -1.04. The first-order valence-electron chi connectivity index (χ1n) is 5.53. The SMILES string of the molecule is COC(=O)c1cc2[nH]ncc2cc1C(C)C(N)O. The van der Waals surface area contributed by atoms with Crippen molar-refractivity contribution < 1.29 is 14.6 Å². The fraction of sp³-hybridized carbons (Fsp3) is 0.333. The number of aliphatic hydroxyl groups is 1. The molecule has 2 aromatic rings. The summed E-state index contributed by atoms with van der Waals surface area (Å²) in [6.45, 7) is 1.75. The fourth-order valence-corrected chi connectivity index (χ4v) is 1.86. The topological polar surface area (TPSA) is 101 Å². The predicted molar refractivity (Wildman–Crippen MR) is 66.0 cm³/mol. The first kappa shape index (κ1) is 12.5. The third-order valence-electron chi connectivity index (χ3n) is 3.02. The number of ether oxygens (including phenoxy) is 1. The van der Waals surface area contributed by atoms with E-state index in [9.17, 15) is 9.90 Å². The van der Waals surface area contributed by atoms with Crippen LogP contribution in [-0.4, -0.2) is 34.6 Å². The number of aromatic nitrogens is 2. The van der Waals surface area contributed by atoms with E-state index in [0.717, 1.165) is 10.9 Å². The fourth-order valence-electron chi connectivity index (χ4n) is 1.86. The second-order valence-corrected chi connectivity index (χ2v) is 4.17. The summed E-state index contributed by atoms with van der Waals surface area (Å²) >= 11 is 0. The molecule has 0 aliphatic heterocycles. The highest BCUT2D eigenvalue weighted by Gasteiger charge is 2.21. The molecule has 0 aliphatic rings. The average molecular weight is 249 g/mol. The molecule has 6 nitrogen and oxygen atoms in total. The van der Waals surface area contributed by atoms with E-state index in [1.54, 1.807) is 25.3 Å². The predicted octanol–water partition coefficient (Wildman–Crippen LogP) is 0.730. The minimum Gasteiger partial charge on any atom is -0.465 e. The van der Waals surface area contributed by atoms with Crippen molar-refractivity contribution in [2.45, 2.75) is 19.1 Å². The number of methoxy groups -OCH3 is 1. The maximum absolute atomic E-state index is 11.7. The summed E-state index contributed by atoms with van der Waals surface area (Å²) in [5.41, 5.74) is 7.24. The summed E-state index contributed by atoms with van der Waals surface area (Å²) in [6.07, 6.45) is 0.605. The van der Waals surface area contributed by atoms with Crippen molar-refractivity contribution in [3.8, 4) is 0 Å². The number of fused-ring (bicyclic) bond motifs is 1. The Labute approximate surface area is 104 Å². The first-order chi connectivity index (χ1) is 8.54. The number of benzene rings is 1. The van der Waals surface area contributed by atoms with Gasteiger partial charge in [-0.1, -0.05) is 6.92 Å². The third kappa shape index (κ3) is 2.07. The van der Waals surface area contributed by atoms with E-state index in [0.29, 0.717) is 11.1 Å². The van der Waals surface area contributed by atoms with Crippen molar-refractivity contribution in [2.24, 2.45) is 5.73 Å². The highest BCUT2D eigenvalue weighted by atomic mass is 16.5. The monoisotopic (exact) mass is 249 g/mol. The molecule has 0 radical (unpaired) electrons. The second kappa shape index (κ2) is 4.75.